The fourth-order valence-corrected chi connectivity index (χ4v) is 1.63. The van der Waals surface area contributed by atoms with Gasteiger partial charge in [0.1, 0.15) is 6.79 Å². The van der Waals surface area contributed by atoms with E-state index in [0.29, 0.717) is 16.6 Å². The van der Waals surface area contributed by atoms with Crippen molar-refractivity contribution in [3.63, 3.8) is 0 Å². The maximum absolute atomic E-state index is 8.00. The Morgan fingerprint density at radius 2 is 1.85 bits per heavy atom. The zero-order valence-corrected chi connectivity index (χ0v) is 13.3. The molecule has 0 aliphatic rings. The van der Waals surface area contributed by atoms with Crippen LogP contribution in [-0.2, 0) is 11.3 Å². The summed E-state index contributed by atoms with van der Waals surface area (Å²) in [6.45, 7) is 10.6. The van der Waals surface area contributed by atoms with Gasteiger partial charge in [-0.2, -0.15) is 0 Å². The number of rotatable bonds is 5. The van der Waals surface area contributed by atoms with Gasteiger partial charge in [0.15, 0.2) is 0 Å². The van der Waals surface area contributed by atoms with E-state index in [1.807, 2.05) is 31.1 Å². The van der Waals surface area contributed by atoms with Crippen molar-refractivity contribution in [3.05, 3.63) is 69.9 Å². The van der Waals surface area contributed by atoms with E-state index >= 15 is 0 Å². The van der Waals surface area contributed by atoms with Crippen LogP contribution in [-0.4, -0.2) is 6.79 Å². The quantitative estimate of drug-likeness (QED) is 0.781. The molecule has 0 unspecified atom stereocenters. The fourth-order valence-electron chi connectivity index (χ4n) is 1.31. The lowest BCUT2D eigenvalue weighted by atomic mass is 10.2. The zero-order chi connectivity index (χ0) is 15.5. The molecule has 0 atom stereocenters. The molecule has 0 fully saturated rings. The summed E-state index contributed by atoms with van der Waals surface area (Å²) in [5, 5.41) is 4.43. The summed E-state index contributed by atoms with van der Waals surface area (Å²) in [5.74, 6) is 0. The Labute approximate surface area is 130 Å². The van der Waals surface area contributed by atoms with Crippen LogP contribution in [0.25, 0.3) is 0 Å². The van der Waals surface area contributed by atoms with Crippen molar-refractivity contribution in [2.24, 2.45) is 0 Å². The van der Waals surface area contributed by atoms with Crippen molar-refractivity contribution in [1.29, 1.82) is 0 Å². The van der Waals surface area contributed by atoms with Crippen LogP contribution in [0, 0.1) is 0 Å². The maximum Gasteiger partial charge on any atom is 0.106 e. The SMILES string of the molecule is C=C/C(=C\C=C(C)C)NCc1ccc(Cl)c(Cl)c1.C=O. The van der Waals surface area contributed by atoms with Gasteiger partial charge in [-0.05, 0) is 43.7 Å². The van der Waals surface area contributed by atoms with E-state index in [2.05, 4.69) is 25.7 Å². The van der Waals surface area contributed by atoms with E-state index in [0.717, 1.165) is 11.3 Å². The van der Waals surface area contributed by atoms with Gasteiger partial charge < -0.3 is 10.1 Å². The Morgan fingerprint density at radius 1 is 1.20 bits per heavy atom. The summed E-state index contributed by atoms with van der Waals surface area (Å²) in [6, 6.07) is 5.61. The van der Waals surface area contributed by atoms with E-state index in [4.69, 9.17) is 28.0 Å². The predicted octanol–water partition coefficient (Wildman–Crippen LogP) is 4.93. The molecule has 1 rings (SSSR count). The molecule has 0 radical (unpaired) electrons. The first-order valence-corrected chi connectivity index (χ1v) is 6.73. The molecule has 0 saturated heterocycles. The lowest BCUT2D eigenvalue weighted by Gasteiger charge is -2.07. The molecule has 0 saturated carbocycles. The molecule has 0 aromatic heterocycles. The van der Waals surface area contributed by atoms with Crippen molar-refractivity contribution >= 4 is 30.0 Å². The molecule has 4 heteroatoms. The molecule has 0 bridgehead atoms. The minimum atomic E-state index is 0.574. The third-order valence-corrected chi connectivity index (χ3v) is 3.04. The normalized spacial score (nSPS) is 10.1. The summed E-state index contributed by atoms with van der Waals surface area (Å²) in [6.07, 6.45) is 5.83. The van der Waals surface area contributed by atoms with E-state index in [9.17, 15) is 0 Å². The Bertz CT molecular complexity index is 503. The molecule has 1 aromatic carbocycles. The number of halogens is 2. The number of nitrogens with one attached hydrogen (secondary N) is 1. The van der Waals surface area contributed by atoms with E-state index < -0.39 is 0 Å². The molecule has 1 N–H and O–H groups in total. The first-order chi connectivity index (χ1) is 9.52. The van der Waals surface area contributed by atoms with Crippen LogP contribution < -0.4 is 5.32 Å². The van der Waals surface area contributed by atoms with Crippen molar-refractivity contribution in [2.45, 2.75) is 20.4 Å². The molecule has 2 nitrogen and oxygen atoms in total. The standard InChI is InChI=1S/C15H17Cl2N.CH2O/c1-4-13(7-5-11(2)3)18-10-12-6-8-14(16)15(17)9-12;1-2/h4-9,18H,1,10H2,2-3H3;1H2/b13-7+;. The second kappa shape index (κ2) is 10.3. The van der Waals surface area contributed by atoms with Gasteiger partial charge in [0, 0.05) is 12.2 Å². The minimum absolute atomic E-state index is 0.574. The number of benzene rings is 1. The summed E-state index contributed by atoms with van der Waals surface area (Å²) in [5.41, 5.74) is 3.29. The molecular formula is C16H19Cl2NO. The molecule has 0 amide bonds. The van der Waals surface area contributed by atoms with Gasteiger partial charge in [0.2, 0.25) is 0 Å². The lowest BCUT2D eigenvalue weighted by Crippen LogP contribution is -2.10. The van der Waals surface area contributed by atoms with E-state index in [1.54, 1.807) is 12.1 Å². The van der Waals surface area contributed by atoms with E-state index in [1.165, 1.54) is 5.57 Å². The summed E-state index contributed by atoms with van der Waals surface area (Å²) < 4.78 is 0. The van der Waals surface area contributed by atoms with Crippen LogP contribution in [0.1, 0.15) is 19.4 Å². The van der Waals surface area contributed by atoms with Crippen LogP contribution in [0.2, 0.25) is 10.0 Å². The average Bonchev–Trinajstić information content (AvgIpc) is 2.44. The fraction of sp³-hybridized carbons (Fsp3) is 0.188. The topological polar surface area (TPSA) is 29.1 Å². The Morgan fingerprint density at radius 3 is 2.35 bits per heavy atom. The summed E-state index contributed by atoms with van der Waals surface area (Å²) in [4.78, 5) is 8.00. The number of carbonyl (C=O) groups is 1. The monoisotopic (exact) mass is 311 g/mol. The number of hydrogen-bond acceptors (Lipinski definition) is 2. The van der Waals surface area contributed by atoms with Gasteiger partial charge >= 0.3 is 0 Å². The van der Waals surface area contributed by atoms with Crippen molar-refractivity contribution in [1.82, 2.24) is 5.32 Å². The molecule has 20 heavy (non-hydrogen) atoms. The third kappa shape index (κ3) is 7.17. The van der Waals surface area contributed by atoms with Crippen LogP contribution in [0.15, 0.2) is 54.3 Å². The molecule has 0 spiro atoms. The Kier molecular flexibility index (Phi) is 9.52. The zero-order valence-electron chi connectivity index (χ0n) is 11.7. The highest BCUT2D eigenvalue weighted by molar-refractivity contribution is 6.42. The number of hydrogen-bond donors (Lipinski definition) is 1. The van der Waals surface area contributed by atoms with Gasteiger partial charge in [0.05, 0.1) is 10.0 Å². The van der Waals surface area contributed by atoms with Gasteiger partial charge in [-0.1, -0.05) is 47.5 Å². The lowest BCUT2D eigenvalue weighted by molar-refractivity contribution is -0.0979. The van der Waals surface area contributed by atoms with Crippen LogP contribution in [0.5, 0.6) is 0 Å². The van der Waals surface area contributed by atoms with Gasteiger partial charge in [-0.3, -0.25) is 0 Å². The van der Waals surface area contributed by atoms with Crippen LogP contribution >= 0.6 is 23.2 Å². The first kappa shape index (κ1) is 18.5. The van der Waals surface area contributed by atoms with Gasteiger partial charge in [0.25, 0.3) is 0 Å². The summed E-state index contributed by atoms with van der Waals surface area (Å²) >= 11 is 11.8. The third-order valence-electron chi connectivity index (χ3n) is 2.30. The second-order valence-corrected chi connectivity index (χ2v) is 4.99. The number of carbonyl (C=O) groups excluding carboxylic acids is 1. The van der Waals surface area contributed by atoms with Crippen molar-refractivity contribution in [2.75, 3.05) is 0 Å². The highest BCUT2D eigenvalue weighted by Gasteiger charge is 1.99. The molecule has 0 aliphatic carbocycles. The molecule has 0 heterocycles. The maximum atomic E-state index is 8.00. The average molecular weight is 312 g/mol. The van der Waals surface area contributed by atoms with Crippen LogP contribution in [0.3, 0.4) is 0 Å². The first-order valence-electron chi connectivity index (χ1n) is 5.97. The van der Waals surface area contributed by atoms with E-state index in [-0.39, 0.29) is 0 Å². The Balaban J connectivity index is 0.00000172. The largest absolute Gasteiger partial charge is 0.381 e. The number of allylic oxidation sites excluding steroid dienone is 4. The van der Waals surface area contributed by atoms with Crippen LogP contribution in [0.4, 0.5) is 0 Å². The highest BCUT2D eigenvalue weighted by Crippen LogP contribution is 2.22. The molecule has 108 valence electrons. The Hall–Kier alpha value is -1.51. The summed E-state index contributed by atoms with van der Waals surface area (Å²) in [7, 11) is 0. The predicted molar refractivity (Wildman–Crippen MR) is 88.1 cm³/mol. The smallest absolute Gasteiger partial charge is 0.106 e. The molecule has 1 aromatic rings. The van der Waals surface area contributed by atoms with Crippen molar-refractivity contribution < 1.29 is 4.79 Å². The minimum Gasteiger partial charge on any atom is -0.381 e. The van der Waals surface area contributed by atoms with Gasteiger partial charge in [-0.25, -0.2) is 0 Å². The van der Waals surface area contributed by atoms with Gasteiger partial charge in [-0.15, -0.1) is 0 Å². The molecular weight excluding hydrogens is 293 g/mol. The highest BCUT2D eigenvalue weighted by atomic mass is 35.5. The molecule has 0 aliphatic heterocycles. The van der Waals surface area contributed by atoms with Crippen molar-refractivity contribution in [3.8, 4) is 0 Å². The second-order valence-electron chi connectivity index (χ2n) is 4.17.